The Morgan fingerprint density at radius 1 is 1.21 bits per heavy atom. The molecule has 4 aromatic rings. The number of nitrogens with zero attached hydrogens (tertiary/aromatic N) is 4. The van der Waals surface area contributed by atoms with E-state index in [1.165, 1.54) is 0 Å². The predicted molar refractivity (Wildman–Crippen MR) is 125 cm³/mol. The first-order valence-electron chi connectivity index (χ1n) is 10.5. The van der Waals surface area contributed by atoms with Gasteiger partial charge in [-0.1, -0.05) is 12.1 Å². The summed E-state index contributed by atoms with van der Waals surface area (Å²) in [6.07, 6.45) is 4.27. The number of aromatic nitrogens is 4. The maximum absolute atomic E-state index is 12.2. The van der Waals surface area contributed by atoms with Gasteiger partial charge >= 0.3 is 0 Å². The van der Waals surface area contributed by atoms with Crippen molar-refractivity contribution in [1.29, 1.82) is 0 Å². The third-order valence-corrected chi connectivity index (χ3v) is 6.95. The number of hydrogen-bond acceptors (Lipinski definition) is 8. The van der Waals surface area contributed by atoms with Gasteiger partial charge in [-0.25, -0.2) is 18.1 Å². The van der Waals surface area contributed by atoms with Crippen molar-refractivity contribution >= 4 is 44.1 Å². The number of benzene rings is 2. The fraction of sp³-hybridized carbons (Fsp3) is 0.227. The summed E-state index contributed by atoms with van der Waals surface area (Å²) in [6.45, 7) is 1.60. The molecule has 1 aliphatic heterocycles. The van der Waals surface area contributed by atoms with Crippen LogP contribution in [0.25, 0.3) is 10.9 Å². The molecular formula is C22H23N7O3S. The van der Waals surface area contributed by atoms with E-state index in [1.54, 1.807) is 31.6 Å². The smallest absolute Gasteiger partial charge is 0.241 e. The van der Waals surface area contributed by atoms with E-state index in [2.05, 4.69) is 30.1 Å². The highest BCUT2D eigenvalue weighted by Crippen LogP contribution is 2.32. The van der Waals surface area contributed by atoms with Gasteiger partial charge < -0.3 is 15.0 Å². The molecule has 0 saturated heterocycles. The molecule has 5 rings (SSSR count). The topological polar surface area (TPSA) is 125 Å². The van der Waals surface area contributed by atoms with E-state index >= 15 is 0 Å². The van der Waals surface area contributed by atoms with Gasteiger partial charge in [-0.05, 0) is 42.3 Å². The molecule has 2 aromatic carbocycles. The van der Waals surface area contributed by atoms with Crippen molar-refractivity contribution in [1.82, 2.24) is 24.9 Å². The molecule has 0 amide bonds. The van der Waals surface area contributed by atoms with Gasteiger partial charge in [-0.2, -0.15) is 10.1 Å². The number of anilines is 4. The molecule has 0 saturated carbocycles. The molecular weight excluding hydrogens is 442 g/mol. The molecule has 0 unspecified atom stereocenters. The van der Waals surface area contributed by atoms with Crippen molar-refractivity contribution in [2.45, 2.75) is 17.9 Å². The fourth-order valence-corrected chi connectivity index (χ4v) is 5.15. The number of H-pyrrole nitrogens is 1. The first kappa shape index (κ1) is 21.3. The second-order valence-electron chi connectivity index (χ2n) is 7.62. The van der Waals surface area contributed by atoms with Gasteiger partial charge in [0.1, 0.15) is 5.82 Å². The largest absolute Gasteiger partial charge is 0.385 e. The maximum atomic E-state index is 12.2. The highest BCUT2D eigenvalue weighted by atomic mass is 32.2. The van der Waals surface area contributed by atoms with Gasteiger partial charge in [0.25, 0.3) is 0 Å². The normalized spacial score (nSPS) is 14.3. The molecule has 0 fully saturated rings. The van der Waals surface area contributed by atoms with E-state index in [4.69, 9.17) is 9.72 Å². The van der Waals surface area contributed by atoms with Crippen LogP contribution in [-0.4, -0.2) is 48.8 Å². The quantitative estimate of drug-likeness (QED) is 0.339. The molecule has 0 bridgehead atoms. The Bertz CT molecular complexity index is 1400. The van der Waals surface area contributed by atoms with Crippen molar-refractivity contribution < 1.29 is 13.2 Å². The van der Waals surface area contributed by atoms with Crippen molar-refractivity contribution in [2.75, 3.05) is 30.5 Å². The molecule has 0 spiro atoms. The number of methoxy groups -OCH3 is 1. The molecule has 0 radical (unpaired) electrons. The Morgan fingerprint density at radius 2 is 2.12 bits per heavy atom. The monoisotopic (exact) mass is 465 g/mol. The van der Waals surface area contributed by atoms with Crippen LogP contribution in [-0.2, 0) is 21.3 Å². The zero-order valence-electron chi connectivity index (χ0n) is 17.9. The van der Waals surface area contributed by atoms with Crippen LogP contribution >= 0.6 is 0 Å². The Balaban J connectivity index is 1.47. The number of nitrogens with one attached hydrogen (secondary N) is 3. The first-order chi connectivity index (χ1) is 16.0. The summed E-state index contributed by atoms with van der Waals surface area (Å²) in [4.78, 5) is 11.4. The molecule has 170 valence electrons. The number of hydrogen-bond donors (Lipinski definition) is 3. The van der Waals surface area contributed by atoms with Crippen LogP contribution in [0.5, 0.6) is 0 Å². The molecule has 1 aliphatic rings. The average Bonchev–Trinajstić information content (AvgIpc) is 3.41. The van der Waals surface area contributed by atoms with Crippen molar-refractivity contribution in [3.8, 4) is 0 Å². The van der Waals surface area contributed by atoms with Crippen LogP contribution in [0, 0.1) is 0 Å². The lowest BCUT2D eigenvalue weighted by Gasteiger charge is -2.25. The predicted octanol–water partition coefficient (Wildman–Crippen LogP) is 3.06. The third kappa shape index (κ3) is 4.25. The third-order valence-electron chi connectivity index (χ3n) is 5.47. The first-order valence-corrected chi connectivity index (χ1v) is 11.9. The zero-order valence-corrected chi connectivity index (χ0v) is 18.8. The van der Waals surface area contributed by atoms with Crippen LogP contribution in [0.15, 0.2) is 59.8 Å². The van der Waals surface area contributed by atoms with E-state index < -0.39 is 10.0 Å². The van der Waals surface area contributed by atoms with Crippen molar-refractivity contribution in [2.24, 2.45) is 0 Å². The summed E-state index contributed by atoms with van der Waals surface area (Å²) in [5, 5.41) is 11.3. The molecule has 33 heavy (non-hydrogen) atoms. The SMILES string of the molecule is COCCCN(c1ccnc(Nc2ccc3c(c2)S(=O)(=O)NC3)n1)c1cccc2[nH]ncc12. The minimum absolute atomic E-state index is 0.275. The standard InChI is InChI=1S/C22H23N7O3S/c1-32-11-3-10-29(19-5-2-4-18-17(19)14-24-28-18)21-8-9-23-22(27-21)26-16-7-6-15-13-25-33(30,31)20(15)12-16/h2,4-9,12,14,25H,3,10-11,13H2,1H3,(H,24,28)(H,23,26,27). The fourth-order valence-electron chi connectivity index (χ4n) is 3.88. The van der Waals surface area contributed by atoms with Gasteiger partial charge in [0, 0.05) is 44.1 Å². The lowest BCUT2D eigenvalue weighted by atomic mass is 10.2. The Morgan fingerprint density at radius 3 is 3.00 bits per heavy atom. The molecule has 3 N–H and O–H groups in total. The number of fused-ring (bicyclic) bond motifs is 2. The minimum atomic E-state index is -3.47. The highest BCUT2D eigenvalue weighted by Gasteiger charge is 2.25. The summed E-state index contributed by atoms with van der Waals surface area (Å²) in [5.74, 6) is 1.07. The zero-order chi connectivity index (χ0) is 22.8. The van der Waals surface area contributed by atoms with Gasteiger partial charge in [0.2, 0.25) is 16.0 Å². The van der Waals surface area contributed by atoms with E-state index in [9.17, 15) is 8.42 Å². The number of ether oxygens (including phenoxy) is 1. The Hall–Kier alpha value is -3.54. The van der Waals surface area contributed by atoms with Gasteiger partial charge in [0.15, 0.2) is 0 Å². The van der Waals surface area contributed by atoms with Gasteiger partial charge in [-0.15, -0.1) is 0 Å². The van der Waals surface area contributed by atoms with E-state index in [0.29, 0.717) is 37.1 Å². The average molecular weight is 466 g/mol. The molecule has 0 aliphatic carbocycles. The van der Waals surface area contributed by atoms with Crippen LogP contribution < -0.4 is 14.9 Å². The summed E-state index contributed by atoms with van der Waals surface area (Å²) in [5.41, 5.74) is 3.25. The lowest BCUT2D eigenvalue weighted by molar-refractivity contribution is 0.196. The van der Waals surface area contributed by atoms with Crippen LogP contribution in [0.2, 0.25) is 0 Å². The summed E-state index contributed by atoms with van der Waals surface area (Å²) < 4.78 is 32.1. The van der Waals surface area contributed by atoms with E-state index in [1.807, 2.05) is 30.3 Å². The minimum Gasteiger partial charge on any atom is -0.385 e. The number of rotatable bonds is 8. The number of sulfonamides is 1. The molecule has 3 heterocycles. The van der Waals surface area contributed by atoms with E-state index in [0.717, 1.165) is 28.6 Å². The Labute approximate surface area is 191 Å². The molecule has 11 heteroatoms. The van der Waals surface area contributed by atoms with Crippen molar-refractivity contribution in [3.63, 3.8) is 0 Å². The van der Waals surface area contributed by atoms with Gasteiger partial charge in [0.05, 0.1) is 22.3 Å². The molecule has 10 nitrogen and oxygen atoms in total. The second kappa shape index (κ2) is 8.77. The lowest BCUT2D eigenvalue weighted by Crippen LogP contribution is -2.21. The van der Waals surface area contributed by atoms with Gasteiger partial charge in [-0.3, -0.25) is 5.10 Å². The summed E-state index contributed by atoms with van der Waals surface area (Å²) >= 11 is 0. The highest BCUT2D eigenvalue weighted by molar-refractivity contribution is 7.89. The summed E-state index contributed by atoms with van der Waals surface area (Å²) in [6, 6.07) is 13.0. The van der Waals surface area contributed by atoms with Crippen molar-refractivity contribution in [3.05, 3.63) is 60.4 Å². The molecule has 2 aromatic heterocycles. The van der Waals surface area contributed by atoms with Crippen LogP contribution in [0.1, 0.15) is 12.0 Å². The van der Waals surface area contributed by atoms with Crippen LogP contribution in [0.4, 0.5) is 23.1 Å². The number of aromatic amines is 1. The van der Waals surface area contributed by atoms with E-state index in [-0.39, 0.29) is 4.90 Å². The second-order valence-corrected chi connectivity index (χ2v) is 9.35. The Kier molecular flexibility index (Phi) is 5.67. The molecule has 0 atom stereocenters. The maximum Gasteiger partial charge on any atom is 0.241 e. The summed E-state index contributed by atoms with van der Waals surface area (Å²) in [7, 11) is -1.79. The van der Waals surface area contributed by atoms with Crippen LogP contribution in [0.3, 0.4) is 0 Å².